The number of ether oxygens (including phenoxy) is 1. The predicted octanol–water partition coefficient (Wildman–Crippen LogP) is 2.85. The van der Waals surface area contributed by atoms with Crippen molar-refractivity contribution in [2.75, 3.05) is 33.3 Å². The summed E-state index contributed by atoms with van der Waals surface area (Å²) in [6, 6.07) is 8.12. The Morgan fingerprint density at radius 3 is 2.67 bits per heavy atom. The van der Waals surface area contributed by atoms with Gasteiger partial charge in [-0.1, -0.05) is 23.7 Å². The first kappa shape index (κ1) is 17.4. The van der Waals surface area contributed by atoms with E-state index in [0.29, 0.717) is 6.10 Å². The minimum absolute atomic E-state index is 0.123. The summed E-state index contributed by atoms with van der Waals surface area (Å²) in [5.41, 5.74) is 2.33. The zero-order valence-corrected chi connectivity index (χ0v) is 14.8. The maximum atomic E-state index is 6.02. The van der Waals surface area contributed by atoms with Crippen molar-refractivity contribution in [3.05, 3.63) is 52.8 Å². The lowest BCUT2D eigenvalue weighted by Gasteiger charge is -2.31. The summed E-state index contributed by atoms with van der Waals surface area (Å²) in [6.45, 7) is 4.18. The van der Waals surface area contributed by atoms with Crippen LogP contribution in [0.3, 0.4) is 0 Å². The van der Waals surface area contributed by atoms with Crippen LogP contribution in [-0.4, -0.2) is 54.5 Å². The average Bonchev–Trinajstić information content (AvgIpc) is 3.15. The van der Waals surface area contributed by atoms with Gasteiger partial charge in [-0.2, -0.15) is 5.10 Å². The predicted molar refractivity (Wildman–Crippen MR) is 96.4 cm³/mol. The number of aromatic amines is 1. The number of halogens is 1. The summed E-state index contributed by atoms with van der Waals surface area (Å²) in [7, 11) is 1.81. The lowest BCUT2D eigenvalue weighted by atomic mass is 10.0. The van der Waals surface area contributed by atoms with Crippen molar-refractivity contribution >= 4 is 11.6 Å². The van der Waals surface area contributed by atoms with Crippen LogP contribution >= 0.6 is 11.6 Å². The molecule has 2 N–H and O–H groups in total. The first-order chi connectivity index (χ1) is 11.8. The van der Waals surface area contributed by atoms with Crippen molar-refractivity contribution in [3.8, 4) is 0 Å². The molecule has 0 amide bonds. The van der Waals surface area contributed by atoms with Gasteiger partial charge in [-0.05, 0) is 30.5 Å². The number of aromatic nitrogens is 2. The maximum Gasteiger partial charge on any atom is 0.0608 e. The smallest absolute Gasteiger partial charge is 0.0608 e. The molecule has 0 saturated carbocycles. The number of nitrogens with zero attached hydrogens (tertiary/aromatic N) is 2. The Labute approximate surface area is 148 Å². The molecule has 0 spiro atoms. The van der Waals surface area contributed by atoms with Crippen molar-refractivity contribution in [2.24, 2.45) is 0 Å². The summed E-state index contributed by atoms with van der Waals surface area (Å²) >= 11 is 6.02. The van der Waals surface area contributed by atoms with Crippen LogP contribution in [0, 0.1) is 0 Å². The molecular formula is C18H25ClN4O. The SMILES string of the molecule is COC1CCN(CCNC(c2ccc(Cl)cc2)c2cn[nH]c2)CC1. The first-order valence-corrected chi connectivity index (χ1v) is 8.86. The monoisotopic (exact) mass is 348 g/mol. The van der Waals surface area contributed by atoms with Gasteiger partial charge in [0.2, 0.25) is 0 Å². The third-order valence-electron chi connectivity index (χ3n) is 4.70. The minimum atomic E-state index is 0.123. The molecule has 0 bridgehead atoms. The molecule has 1 aliphatic rings. The van der Waals surface area contributed by atoms with Gasteiger partial charge in [0.25, 0.3) is 0 Å². The molecule has 130 valence electrons. The van der Waals surface area contributed by atoms with E-state index in [2.05, 4.69) is 32.5 Å². The topological polar surface area (TPSA) is 53.2 Å². The van der Waals surface area contributed by atoms with Crippen molar-refractivity contribution in [1.29, 1.82) is 0 Å². The molecule has 3 rings (SSSR count). The largest absolute Gasteiger partial charge is 0.381 e. The van der Waals surface area contributed by atoms with Crippen molar-refractivity contribution in [1.82, 2.24) is 20.4 Å². The quantitative estimate of drug-likeness (QED) is 0.808. The van der Waals surface area contributed by atoms with E-state index in [4.69, 9.17) is 16.3 Å². The Balaban J connectivity index is 1.56. The van der Waals surface area contributed by atoms with Gasteiger partial charge < -0.3 is 15.0 Å². The standard InChI is InChI=1S/C18H25ClN4O/c1-24-17-6-9-23(10-7-17)11-8-20-18(15-12-21-22-13-15)14-2-4-16(19)5-3-14/h2-5,12-13,17-18,20H,6-11H2,1H3,(H,21,22). The third-order valence-corrected chi connectivity index (χ3v) is 4.95. The summed E-state index contributed by atoms with van der Waals surface area (Å²) in [5.74, 6) is 0. The van der Waals surface area contributed by atoms with Gasteiger partial charge in [-0.15, -0.1) is 0 Å². The lowest BCUT2D eigenvalue weighted by molar-refractivity contribution is 0.0413. The molecule has 1 aromatic carbocycles. The molecule has 0 aliphatic carbocycles. The molecule has 2 heterocycles. The van der Waals surface area contributed by atoms with E-state index < -0.39 is 0 Å². The highest BCUT2D eigenvalue weighted by atomic mass is 35.5. The van der Waals surface area contributed by atoms with Gasteiger partial charge in [-0.25, -0.2) is 0 Å². The third kappa shape index (κ3) is 4.57. The van der Waals surface area contributed by atoms with Crippen molar-refractivity contribution < 1.29 is 4.74 Å². The number of likely N-dealkylation sites (tertiary alicyclic amines) is 1. The second-order valence-corrected chi connectivity index (χ2v) is 6.68. The van der Waals surface area contributed by atoms with Crippen molar-refractivity contribution in [2.45, 2.75) is 25.0 Å². The Bertz CT molecular complexity index is 594. The summed E-state index contributed by atoms with van der Waals surface area (Å²) < 4.78 is 5.44. The molecule has 24 heavy (non-hydrogen) atoms. The Morgan fingerprint density at radius 1 is 1.29 bits per heavy atom. The van der Waals surface area contributed by atoms with Crippen LogP contribution < -0.4 is 5.32 Å². The highest BCUT2D eigenvalue weighted by Crippen LogP contribution is 2.22. The Morgan fingerprint density at radius 2 is 2.04 bits per heavy atom. The molecule has 1 fully saturated rings. The Hall–Kier alpha value is -1.40. The Kier molecular flexibility index (Phi) is 6.26. The van der Waals surface area contributed by atoms with Crippen LogP contribution in [0.2, 0.25) is 5.02 Å². The number of nitrogens with one attached hydrogen (secondary N) is 2. The molecule has 1 unspecified atom stereocenters. The second kappa shape index (κ2) is 8.62. The molecule has 1 aliphatic heterocycles. The fourth-order valence-corrected chi connectivity index (χ4v) is 3.36. The van der Waals surface area contributed by atoms with Gasteiger partial charge in [0.1, 0.15) is 0 Å². The van der Waals surface area contributed by atoms with Crippen LogP contribution in [0.4, 0.5) is 0 Å². The number of piperidine rings is 1. The van der Waals surface area contributed by atoms with E-state index in [1.807, 2.05) is 31.6 Å². The molecule has 5 nitrogen and oxygen atoms in total. The van der Waals surface area contributed by atoms with Crippen LogP contribution in [0.25, 0.3) is 0 Å². The normalized spacial score (nSPS) is 17.9. The molecule has 1 aromatic heterocycles. The average molecular weight is 349 g/mol. The zero-order valence-electron chi connectivity index (χ0n) is 14.0. The van der Waals surface area contributed by atoms with E-state index in [-0.39, 0.29) is 6.04 Å². The van der Waals surface area contributed by atoms with Crippen LogP contribution in [-0.2, 0) is 4.74 Å². The van der Waals surface area contributed by atoms with E-state index in [9.17, 15) is 0 Å². The summed E-state index contributed by atoms with van der Waals surface area (Å²) in [6.07, 6.45) is 6.49. The van der Waals surface area contributed by atoms with E-state index in [1.165, 1.54) is 5.56 Å². The van der Waals surface area contributed by atoms with E-state index in [1.54, 1.807) is 0 Å². The molecule has 1 saturated heterocycles. The van der Waals surface area contributed by atoms with Gasteiger partial charge in [0.05, 0.1) is 18.3 Å². The fraction of sp³-hybridized carbons (Fsp3) is 0.500. The van der Waals surface area contributed by atoms with Crippen LogP contribution in [0.5, 0.6) is 0 Å². The first-order valence-electron chi connectivity index (χ1n) is 8.49. The molecule has 1 atom stereocenters. The van der Waals surface area contributed by atoms with Gasteiger partial charge in [0, 0.05) is 50.1 Å². The summed E-state index contributed by atoms with van der Waals surface area (Å²) in [5, 5.41) is 11.4. The summed E-state index contributed by atoms with van der Waals surface area (Å²) in [4.78, 5) is 2.50. The maximum absolute atomic E-state index is 6.02. The number of rotatable bonds is 7. The number of H-pyrrole nitrogens is 1. The number of benzene rings is 1. The molecular weight excluding hydrogens is 324 g/mol. The van der Waals surface area contributed by atoms with E-state index >= 15 is 0 Å². The van der Waals surface area contributed by atoms with Crippen LogP contribution in [0.1, 0.15) is 30.0 Å². The second-order valence-electron chi connectivity index (χ2n) is 6.25. The minimum Gasteiger partial charge on any atom is -0.381 e. The number of methoxy groups -OCH3 is 1. The fourth-order valence-electron chi connectivity index (χ4n) is 3.24. The van der Waals surface area contributed by atoms with Gasteiger partial charge in [-0.3, -0.25) is 5.10 Å². The zero-order chi connectivity index (χ0) is 16.8. The van der Waals surface area contributed by atoms with Crippen LogP contribution in [0.15, 0.2) is 36.7 Å². The van der Waals surface area contributed by atoms with Gasteiger partial charge >= 0.3 is 0 Å². The molecule has 2 aromatic rings. The van der Waals surface area contributed by atoms with Crippen molar-refractivity contribution in [3.63, 3.8) is 0 Å². The number of hydrogen-bond donors (Lipinski definition) is 2. The number of hydrogen-bond acceptors (Lipinski definition) is 4. The van der Waals surface area contributed by atoms with E-state index in [0.717, 1.165) is 49.6 Å². The highest BCUT2D eigenvalue weighted by molar-refractivity contribution is 6.30. The van der Waals surface area contributed by atoms with Gasteiger partial charge in [0.15, 0.2) is 0 Å². The highest BCUT2D eigenvalue weighted by Gasteiger charge is 2.19. The molecule has 0 radical (unpaired) electrons. The lowest BCUT2D eigenvalue weighted by Crippen LogP contribution is -2.40. The molecule has 6 heteroatoms.